The first kappa shape index (κ1) is 20.4. The molecule has 152 valence electrons. The maximum atomic E-state index is 13.1. The normalized spacial score (nSPS) is 23.6. The zero-order valence-electron chi connectivity index (χ0n) is 17.2. The second-order valence-electron chi connectivity index (χ2n) is 8.37. The molecule has 0 saturated carbocycles. The standard InChI is InChI=1S/C22H31N3O3/c1-16(2)17-9-11-18(12-10-17)22(3)20(27)25(21(28)23-22)15-19(26)24-13-7-5-4-6-8-14-24/h9-12,16H,4-8,13-15H2,1-3H3,(H,23,28). The fourth-order valence-corrected chi connectivity index (χ4v) is 3.97. The van der Waals surface area contributed by atoms with Crippen molar-refractivity contribution in [3.8, 4) is 0 Å². The van der Waals surface area contributed by atoms with Crippen molar-refractivity contribution in [3.63, 3.8) is 0 Å². The molecule has 0 spiro atoms. The van der Waals surface area contributed by atoms with Crippen molar-refractivity contribution in [3.05, 3.63) is 35.4 Å². The second-order valence-corrected chi connectivity index (χ2v) is 8.37. The van der Waals surface area contributed by atoms with Gasteiger partial charge in [-0.15, -0.1) is 0 Å². The molecule has 1 aromatic rings. The quantitative estimate of drug-likeness (QED) is 0.808. The zero-order chi connectivity index (χ0) is 20.3. The molecule has 28 heavy (non-hydrogen) atoms. The zero-order valence-corrected chi connectivity index (χ0v) is 17.2. The number of benzene rings is 1. The lowest BCUT2D eigenvalue weighted by Crippen LogP contribution is -2.45. The molecule has 0 bridgehead atoms. The Morgan fingerprint density at radius 3 is 2.18 bits per heavy atom. The first-order valence-corrected chi connectivity index (χ1v) is 10.4. The van der Waals surface area contributed by atoms with Crippen LogP contribution in [-0.4, -0.2) is 47.3 Å². The molecular formula is C22H31N3O3. The topological polar surface area (TPSA) is 69.7 Å². The lowest BCUT2D eigenvalue weighted by Gasteiger charge is -2.27. The van der Waals surface area contributed by atoms with E-state index >= 15 is 0 Å². The third-order valence-electron chi connectivity index (χ3n) is 5.93. The van der Waals surface area contributed by atoms with Gasteiger partial charge in [0, 0.05) is 13.1 Å². The largest absolute Gasteiger partial charge is 0.341 e. The molecule has 1 aromatic carbocycles. The summed E-state index contributed by atoms with van der Waals surface area (Å²) in [5.74, 6) is -0.123. The van der Waals surface area contributed by atoms with Crippen LogP contribution >= 0.6 is 0 Å². The average molecular weight is 386 g/mol. The van der Waals surface area contributed by atoms with Crippen molar-refractivity contribution >= 4 is 17.8 Å². The van der Waals surface area contributed by atoms with Crippen LogP contribution in [-0.2, 0) is 15.1 Å². The van der Waals surface area contributed by atoms with Gasteiger partial charge in [0.15, 0.2) is 0 Å². The third kappa shape index (κ3) is 4.05. The van der Waals surface area contributed by atoms with Crippen LogP contribution in [0.1, 0.15) is 69.9 Å². The minimum atomic E-state index is -1.14. The van der Waals surface area contributed by atoms with Crippen molar-refractivity contribution in [2.45, 2.75) is 64.3 Å². The molecular weight excluding hydrogens is 354 g/mol. The van der Waals surface area contributed by atoms with Gasteiger partial charge in [0.25, 0.3) is 5.91 Å². The maximum absolute atomic E-state index is 13.1. The minimum absolute atomic E-state index is 0.148. The molecule has 0 radical (unpaired) electrons. The van der Waals surface area contributed by atoms with Crippen molar-refractivity contribution in [2.24, 2.45) is 0 Å². The lowest BCUT2D eigenvalue weighted by atomic mass is 9.90. The van der Waals surface area contributed by atoms with Crippen LogP contribution in [0.15, 0.2) is 24.3 Å². The number of hydrogen-bond donors (Lipinski definition) is 1. The highest BCUT2D eigenvalue weighted by Gasteiger charge is 2.49. The van der Waals surface area contributed by atoms with E-state index in [0.29, 0.717) is 19.0 Å². The van der Waals surface area contributed by atoms with E-state index in [1.54, 1.807) is 11.8 Å². The minimum Gasteiger partial charge on any atom is -0.341 e. The Kier molecular flexibility index (Phi) is 6.06. The number of rotatable bonds is 4. The SMILES string of the molecule is CC(C)c1ccc(C2(C)NC(=O)N(CC(=O)N3CCCCCCC3)C2=O)cc1. The van der Waals surface area contributed by atoms with Gasteiger partial charge in [-0.3, -0.25) is 14.5 Å². The van der Waals surface area contributed by atoms with Gasteiger partial charge in [-0.25, -0.2) is 4.79 Å². The van der Waals surface area contributed by atoms with E-state index in [-0.39, 0.29) is 18.4 Å². The van der Waals surface area contributed by atoms with Gasteiger partial charge in [0.1, 0.15) is 12.1 Å². The summed E-state index contributed by atoms with van der Waals surface area (Å²) < 4.78 is 0. The van der Waals surface area contributed by atoms with Gasteiger partial charge in [0.05, 0.1) is 0 Å². The molecule has 0 aromatic heterocycles. The summed E-state index contributed by atoms with van der Waals surface area (Å²) >= 11 is 0. The Morgan fingerprint density at radius 1 is 1.04 bits per heavy atom. The van der Waals surface area contributed by atoms with Crippen LogP contribution in [0.2, 0.25) is 0 Å². The summed E-state index contributed by atoms with van der Waals surface area (Å²) in [6.45, 7) is 7.14. The number of imide groups is 1. The number of urea groups is 1. The summed E-state index contributed by atoms with van der Waals surface area (Å²) in [6.07, 6.45) is 5.41. The predicted molar refractivity (Wildman–Crippen MR) is 108 cm³/mol. The maximum Gasteiger partial charge on any atom is 0.325 e. The summed E-state index contributed by atoms with van der Waals surface area (Å²) in [5.41, 5.74) is 0.771. The summed E-state index contributed by atoms with van der Waals surface area (Å²) in [5, 5.41) is 2.79. The third-order valence-corrected chi connectivity index (χ3v) is 5.93. The van der Waals surface area contributed by atoms with Crippen LogP contribution in [0.3, 0.4) is 0 Å². The Hall–Kier alpha value is -2.37. The Balaban J connectivity index is 1.72. The summed E-state index contributed by atoms with van der Waals surface area (Å²) in [4.78, 5) is 41.2. The summed E-state index contributed by atoms with van der Waals surface area (Å²) in [6, 6.07) is 7.24. The molecule has 3 rings (SSSR count). The lowest BCUT2D eigenvalue weighted by molar-refractivity contribution is -0.139. The van der Waals surface area contributed by atoms with Crippen LogP contribution < -0.4 is 5.32 Å². The first-order valence-electron chi connectivity index (χ1n) is 10.4. The van der Waals surface area contributed by atoms with E-state index in [1.807, 2.05) is 24.3 Å². The fourth-order valence-electron chi connectivity index (χ4n) is 3.97. The van der Waals surface area contributed by atoms with Crippen molar-refractivity contribution in [2.75, 3.05) is 19.6 Å². The van der Waals surface area contributed by atoms with E-state index in [1.165, 1.54) is 12.0 Å². The van der Waals surface area contributed by atoms with Crippen molar-refractivity contribution in [1.29, 1.82) is 0 Å². The van der Waals surface area contributed by atoms with Crippen LogP contribution in [0.4, 0.5) is 4.79 Å². The first-order chi connectivity index (χ1) is 13.3. The molecule has 2 heterocycles. The Bertz CT molecular complexity index is 736. The molecule has 2 fully saturated rings. The number of carbonyl (C=O) groups excluding carboxylic acids is 3. The molecule has 2 saturated heterocycles. The van der Waals surface area contributed by atoms with Crippen LogP contribution in [0.5, 0.6) is 0 Å². The van der Waals surface area contributed by atoms with E-state index in [9.17, 15) is 14.4 Å². The van der Waals surface area contributed by atoms with E-state index < -0.39 is 11.6 Å². The monoisotopic (exact) mass is 385 g/mol. The highest BCUT2D eigenvalue weighted by molar-refractivity contribution is 6.09. The number of amides is 4. The molecule has 2 aliphatic heterocycles. The van der Waals surface area contributed by atoms with Gasteiger partial charge in [-0.1, -0.05) is 57.4 Å². The van der Waals surface area contributed by atoms with Gasteiger partial charge < -0.3 is 10.2 Å². The number of hydrogen-bond acceptors (Lipinski definition) is 3. The van der Waals surface area contributed by atoms with Gasteiger partial charge in [-0.2, -0.15) is 0 Å². The highest BCUT2D eigenvalue weighted by atomic mass is 16.2. The molecule has 6 heteroatoms. The predicted octanol–water partition coefficient (Wildman–Crippen LogP) is 3.37. The molecule has 2 aliphatic rings. The van der Waals surface area contributed by atoms with Crippen molar-refractivity contribution < 1.29 is 14.4 Å². The smallest absolute Gasteiger partial charge is 0.325 e. The van der Waals surface area contributed by atoms with E-state index in [2.05, 4.69) is 19.2 Å². The average Bonchev–Trinajstić information content (AvgIpc) is 2.85. The second kappa shape index (κ2) is 8.33. The van der Waals surface area contributed by atoms with E-state index in [0.717, 1.165) is 36.1 Å². The van der Waals surface area contributed by atoms with E-state index in [4.69, 9.17) is 0 Å². The molecule has 1 unspecified atom stereocenters. The molecule has 0 aliphatic carbocycles. The van der Waals surface area contributed by atoms with Gasteiger partial charge >= 0.3 is 6.03 Å². The van der Waals surface area contributed by atoms with Gasteiger partial charge in [-0.05, 0) is 36.8 Å². The molecule has 1 atom stereocenters. The van der Waals surface area contributed by atoms with Crippen molar-refractivity contribution in [1.82, 2.24) is 15.1 Å². The number of carbonyl (C=O) groups is 3. The van der Waals surface area contributed by atoms with Gasteiger partial charge in [0.2, 0.25) is 5.91 Å². The molecule has 6 nitrogen and oxygen atoms in total. The summed E-state index contributed by atoms with van der Waals surface area (Å²) in [7, 11) is 0. The number of likely N-dealkylation sites (tertiary alicyclic amines) is 1. The van der Waals surface area contributed by atoms with Crippen LogP contribution in [0, 0.1) is 0 Å². The number of nitrogens with zero attached hydrogens (tertiary/aromatic N) is 2. The Morgan fingerprint density at radius 2 is 1.61 bits per heavy atom. The Labute approximate surface area is 167 Å². The number of nitrogens with one attached hydrogen (secondary N) is 1. The molecule has 4 amide bonds. The molecule has 1 N–H and O–H groups in total. The fraction of sp³-hybridized carbons (Fsp3) is 0.591. The highest BCUT2D eigenvalue weighted by Crippen LogP contribution is 2.30. The van der Waals surface area contributed by atoms with Crippen LogP contribution in [0.25, 0.3) is 0 Å².